The van der Waals surface area contributed by atoms with Gasteiger partial charge in [0, 0.05) is 19.3 Å². The fourth-order valence-corrected chi connectivity index (χ4v) is 2.26. The molecule has 0 atom stereocenters. The van der Waals surface area contributed by atoms with Gasteiger partial charge in [-0.15, -0.1) is 0 Å². The molecule has 100 valence electrons. The van der Waals surface area contributed by atoms with Crippen LogP contribution in [0.2, 0.25) is 0 Å². The van der Waals surface area contributed by atoms with Gasteiger partial charge in [-0.05, 0) is 34.8 Å². The summed E-state index contributed by atoms with van der Waals surface area (Å²) in [5.74, 6) is -0.144. The Morgan fingerprint density at radius 1 is 1.37 bits per heavy atom. The highest BCUT2D eigenvalue weighted by molar-refractivity contribution is 9.10. The first-order valence-electron chi connectivity index (χ1n) is 6.25. The average Bonchev–Trinajstić information content (AvgIpc) is 2.81. The van der Waals surface area contributed by atoms with Crippen LogP contribution in [0.4, 0.5) is 0 Å². The monoisotopic (exact) mass is 321 g/mol. The van der Waals surface area contributed by atoms with Crippen molar-refractivity contribution in [1.29, 1.82) is 0 Å². The topological polar surface area (TPSA) is 46.9 Å². The predicted molar refractivity (Wildman–Crippen MR) is 78.1 cm³/mol. The Labute approximate surface area is 120 Å². The molecule has 0 aliphatic heterocycles. The second-order valence-electron chi connectivity index (χ2n) is 4.17. The Hall–Kier alpha value is -1.62. The van der Waals surface area contributed by atoms with Crippen molar-refractivity contribution in [2.45, 2.75) is 19.9 Å². The van der Waals surface area contributed by atoms with Crippen LogP contribution in [0.15, 0.2) is 41.0 Å². The molecular weight excluding hydrogens is 306 g/mol. The summed E-state index contributed by atoms with van der Waals surface area (Å²) in [6.45, 7) is 3.33. The minimum atomic E-state index is -0.144. The maximum Gasteiger partial charge on any atom is 0.272 e. The lowest BCUT2D eigenvalue weighted by Crippen LogP contribution is -2.26. The first kappa shape index (κ1) is 13.8. The Balaban J connectivity index is 1.89. The lowest BCUT2D eigenvalue weighted by atomic mass is 10.1. The largest absolute Gasteiger partial charge is 0.350 e. The molecule has 2 aromatic rings. The highest BCUT2D eigenvalue weighted by Crippen LogP contribution is 2.14. The normalized spacial score (nSPS) is 10.4. The van der Waals surface area contributed by atoms with Gasteiger partial charge in [-0.2, -0.15) is 5.10 Å². The summed E-state index contributed by atoms with van der Waals surface area (Å²) in [6.07, 6.45) is 2.63. The minimum Gasteiger partial charge on any atom is -0.350 e. The van der Waals surface area contributed by atoms with Crippen molar-refractivity contribution in [3.05, 3.63) is 52.3 Å². The van der Waals surface area contributed by atoms with E-state index in [0.717, 1.165) is 17.4 Å². The number of benzene rings is 1. The van der Waals surface area contributed by atoms with Crippen molar-refractivity contribution in [3.63, 3.8) is 0 Å². The van der Waals surface area contributed by atoms with Crippen molar-refractivity contribution in [1.82, 2.24) is 15.1 Å². The van der Waals surface area contributed by atoms with E-state index < -0.39 is 0 Å². The highest BCUT2D eigenvalue weighted by atomic mass is 79.9. The molecule has 0 unspecified atom stereocenters. The van der Waals surface area contributed by atoms with Gasteiger partial charge in [0.1, 0.15) is 0 Å². The number of aromatic nitrogens is 2. The molecule has 1 amide bonds. The van der Waals surface area contributed by atoms with Gasteiger partial charge in [-0.3, -0.25) is 9.48 Å². The maximum absolute atomic E-state index is 12.0. The average molecular weight is 322 g/mol. The zero-order valence-corrected chi connectivity index (χ0v) is 12.4. The molecule has 0 saturated heterocycles. The molecule has 0 fully saturated rings. The fourth-order valence-electron chi connectivity index (χ4n) is 1.76. The van der Waals surface area contributed by atoms with E-state index in [-0.39, 0.29) is 5.91 Å². The van der Waals surface area contributed by atoms with E-state index in [1.165, 1.54) is 5.56 Å². The lowest BCUT2D eigenvalue weighted by Gasteiger charge is -2.03. The Morgan fingerprint density at radius 2 is 2.11 bits per heavy atom. The van der Waals surface area contributed by atoms with E-state index in [2.05, 4.69) is 26.3 Å². The third-order valence-corrected chi connectivity index (χ3v) is 3.38. The standard InChI is InChI=1S/C14H16BrN3O/c1-2-18-10-12(15)13(17-18)14(19)16-9-8-11-6-4-3-5-7-11/h3-7,10H,2,8-9H2,1H3,(H,16,19). The first-order chi connectivity index (χ1) is 9.20. The zero-order valence-electron chi connectivity index (χ0n) is 10.8. The number of hydrogen-bond donors (Lipinski definition) is 1. The molecule has 0 spiro atoms. The van der Waals surface area contributed by atoms with E-state index in [1.54, 1.807) is 4.68 Å². The fraction of sp³-hybridized carbons (Fsp3) is 0.286. The van der Waals surface area contributed by atoms with Crippen molar-refractivity contribution in [2.75, 3.05) is 6.54 Å². The molecule has 1 heterocycles. The summed E-state index contributed by atoms with van der Waals surface area (Å²) < 4.78 is 2.46. The van der Waals surface area contributed by atoms with E-state index in [4.69, 9.17) is 0 Å². The summed E-state index contributed by atoms with van der Waals surface area (Å²) in [5, 5.41) is 7.09. The lowest BCUT2D eigenvalue weighted by molar-refractivity contribution is 0.0947. The molecule has 0 saturated carbocycles. The third kappa shape index (κ3) is 3.67. The molecule has 4 nitrogen and oxygen atoms in total. The van der Waals surface area contributed by atoms with E-state index in [1.807, 2.05) is 43.5 Å². The molecule has 5 heteroatoms. The molecular formula is C14H16BrN3O. The quantitative estimate of drug-likeness (QED) is 0.920. The van der Waals surface area contributed by atoms with Gasteiger partial charge in [0.2, 0.25) is 0 Å². The van der Waals surface area contributed by atoms with Crippen LogP contribution in [0.5, 0.6) is 0 Å². The molecule has 0 bridgehead atoms. The number of carbonyl (C=O) groups excluding carboxylic acids is 1. The molecule has 1 aromatic heterocycles. The zero-order chi connectivity index (χ0) is 13.7. The second kappa shape index (κ2) is 6.52. The minimum absolute atomic E-state index is 0.144. The number of carbonyl (C=O) groups is 1. The van der Waals surface area contributed by atoms with Crippen LogP contribution >= 0.6 is 15.9 Å². The Morgan fingerprint density at radius 3 is 2.74 bits per heavy atom. The van der Waals surface area contributed by atoms with Crippen LogP contribution < -0.4 is 5.32 Å². The SMILES string of the molecule is CCn1cc(Br)c(C(=O)NCCc2ccccc2)n1. The van der Waals surface area contributed by atoms with Crippen molar-refractivity contribution >= 4 is 21.8 Å². The number of rotatable bonds is 5. The highest BCUT2D eigenvalue weighted by Gasteiger charge is 2.14. The van der Waals surface area contributed by atoms with Crippen molar-refractivity contribution in [3.8, 4) is 0 Å². The van der Waals surface area contributed by atoms with Crippen LogP contribution in [-0.2, 0) is 13.0 Å². The van der Waals surface area contributed by atoms with Gasteiger partial charge >= 0.3 is 0 Å². The maximum atomic E-state index is 12.0. The second-order valence-corrected chi connectivity index (χ2v) is 5.03. The summed E-state index contributed by atoms with van der Waals surface area (Å²) in [7, 11) is 0. The summed E-state index contributed by atoms with van der Waals surface area (Å²) in [4.78, 5) is 12.0. The number of halogens is 1. The van der Waals surface area contributed by atoms with Gasteiger partial charge in [-0.25, -0.2) is 0 Å². The molecule has 1 N–H and O–H groups in total. The summed E-state index contributed by atoms with van der Waals surface area (Å²) in [6, 6.07) is 10.1. The van der Waals surface area contributed by atoms with Gasteiger partial charge in [0.15, 0.2) is 5.69 Å². The smallest absolute Gasteiger partial charge is 0.272 e. The summed E-state index contributed by atoms with van der Waals surface area (Å²) >= 11 is 3.35. The van der Waals surface area contributed by atoms with Crippen LogP contribution in [-0.4, -0.2) is 22.2 Å². The van der Waals surface area contributed by atoms with E-state index >= 15 is 0 Å². The molecule has 0 radical (unpaired) electrons. The first-order valence-corrected chi connectivity index (χ1v) is 7.05. The summed E-state index contributed by atoms with van der Waals surface area (Å²) in [5.41, 5.74) is 1.65. The van der Waals surface area contributed by atoms with E-state index in [0.29, 0.717) is 12.2 Å². The van der Waals surface area contributed by atoms with Gasteiger partial charge in [0.05, 0.1) is 4.47 Å². The molecule has 19 heavy (non-hydrogen) atoms. The van der Waals surface area contributed by atoms with Crippen molar-refractivity contribution in [2.24, 2.45) is 0 Å². The molecule has 0 aliphatic rings. The predicted octanol–water partition coefficient (Wildman–Crippen LogP) is 2.64. The van der Waals surface area contributed by atoms with Crippen LogP contribution in [0, 0.1) is 0 Å². The molecule has 0 aliphatic carbocycles. The Bertz CT molecular complexity index is 551. The van der Waals surface area contributed by atoms with Crippen LogP contribution in [0.3, 0.4) is 0 Å². The third-order valence-electron chi connectivity index (χ3n) is 2.80. The number of amides is 1. The number of aryl methyl sites for hydroxylation is 1. The van der Waals surface area contributed by atoms with Gasteiger partial charge < -0.3 is 5.32 Å². The van der Waals surface area contributed by atoms with Crippen molar-refractivity contribution < 1.29 is 4.79 Å². The Kier molecular flexibility index (Phi) is 4.74. The van der Waals surface area contributed by atoms with E-state index in [9.17, 15) is 4.79 Å². The number of hydrogen-bond acceptors (Lipinski definition) is 2. The van der Waals surface area contributed by atoms with Crippen LogP contribution in [0.25, 0.3) is 0 Å². The number of nitrogens with one attached hydrogen (secondary N) is 1. The van der Waals surface area contributed by atoms with Crippen LogP contribution in [0.1, 0.15) is 23.0 Å². The van der Waals surface area contributed by atoms with Gasteiger partial charge in [0.25, 0.3) is 5.91 Å². The van der Waals surface area contributed by atoms with Gasteiger partial charge in [-0.1, -0.05) is 30.3 Å². The number of nitrogens with zero attached hydrogens (tertiary/aromatic N) is 2. The molecule has 1 aromatic carbocycles. The molecule has 2 rings (SSSR count).